The molecule has 3 rings (SSSR count). The molecule has 5 nitrogen and oxygen atoms in total. The molecule has 280 valence electrons. The highest BCUT2D eigenvalue weighted by atomic mass is 16.4. The molecule has 0 saturated heterocycles. The second kappa shape index (κ2) is 24.4. The maximum absolute atomic E-state index is 12.6. The Labute approximate surface area is 305 Å². The van der Waals surface area contributed by atoms with Crippen LogP contribution < -0.4 is 20.4 Å². The molecular formula is C45H72N2O3. The van der Waals surface area contributed by atoms with Crippen LogP contribution in [0, 0.1) is 12.8 Å². The van der Waals surface area contributed by atoms with Crippen molar-refractivity contribution in [2.45, 2.75) is 176 Å². The maximum Gasteiger partial charge on any atom is 0.203 e. The summed E-state index contributed by atoms with van der Waals surface area (Å²) in [7, 11) is 0. The second-order valence-corrected chi connectivity index (χ2v) is 15.0. The molecule has 1 aliphatic heterocycles. The second-order valence-electron chi connectivity index (χ2n) is 15.0. The smallest absolute Gasteiger partial charge is 0.203 e. The van der Waals surface area contributed by atoms with Gasteiger partial charge in [-0.05, 0) is 49.9 Å². The third-order valence-electron chi connectivity index (χ3n) is 10.6. The molecule has 0 fully saturated rings. The van der Waals surface area contributed by atoms with E-state index in [2.05, 4.69) is 74.8 Å². The first-order chi connectivity index (χ1) is 24.4. The van der Waals surface area contributed by atoms with Gasteiger partial charge in [0, 0.05) is 60.0 Å². The maximum atomic E-state index is 12.6. The first-order valence-electron chi connectivity index (χ1n) is 21.0. The number of anilines is 1. The van der Waals surface area contributed by atoms with Crippen LogP contribution in [0.4, 0.5) is 5.69 Å². The van der Waals surface area contributed by atoms with Crippen molar-refractivity contribution in [1.82, 2.24) is 4.58 Å². The predicted molar refractivity (Wildman–Crippen MR) is 213 cm³/mol. The average Bonchev–Trinajstić information content (AvgIpc) is 3.11. The van der Waals surface area contributed by atoms with Crippen molar-refractivity contribution in [2.24, 2.45) is 5.92 Å². The number of hydrogen-bond acceptors (Lipinski definition) is 4. The van der Waals surface area contributed by atoms with Crippen LogP contribution in [0.1, 0.15) is 174 Å². The van der Waals surface area contributed by atoms with Gasteiger partial charge in [0.05, 0.1) is 6.07 Å². The number of fused-ring (bicyclic) bond motifs is 2. The van der Waals surface area contributed by atoms with E-state index in [0.29, 0.717) is 12.8 Å². The van der Waals surface area contributed by atoms with Crippen molar-refractivity contribution in [2.75, 3.05) is 25.0 Å². The summed E-state index contributed by atoms with van der Waals surface area (Å²) in [4.78, 5) is 12.6. The number of nitrogens with zero attached hydrogens (tertiary/aromatic N) is 1. The van der Waals surface area contributed by atoms with Crippen LogP contribution in [0.5, 0.6) is 0 Å². The van der Waals surface area contributed by atoms with Crippen LogP contribution in [-0.2, 0) is 11.2 Å². The Hall–Kier alpha value is -2.82. The van der Waals surface area contributed by atoms with Gasteiger partial charge in [-0.25, -0.2) is 4.58 Å². The van der Waals surface area contributed by atoms with E-state index in [0.717, 1.165) is 97.3 Å². The van der Waals surface area contributed by atoms with Crippen molar-refractivity contribution in [3.05, 3.63) is 46.8 Å². The third kappa shape index (κ3) is 14.1. The van der Waals surface area contributed by atoms with E-state index in [-0.39, 0.29) is 0 Å². The fourth-order valence-corrected chi connectivity index (χ4v) is 7.47. The van der Waals surface area contributed by atoms with Crippen LogP contribution in [0.3, 0.4) is 0 Å². The minimum absolute atomic E-state index is 0.457. The zero-order chi connectivity index (χ0) is 36.0. The fourth-order valence-electron chi connectivity index (χ4n) is 7.47. The molecule has 5 heteroatoms. The zero-order valence-electron chi connectivity index (χ0n) is 32.8. The highest BCUT2D eigenvalue weighted by Crippen LogP contribution is 2.37. The molecule has 0 bridgehead atoms. The predicted octanol–water partition coefficient (Wildman–Crippen LogP) is 11.2. The molecule has 1 heterocycles. The Morgan fingerprint density at radius 3 is 1.78 bits per heavy atom. The summed E-state index contributed by atoms with van der Waals surface area (Å²) in [5.74, 6) is -0.626. The number of rotatable bonds is 28. The van der Waals surface area contributed by atoms with Gasteiger partial charge in [-0.1, -0.05) is 136 Å². The molecule has 0 spiro atoms. The number of carboxylic acid groups (broad SMARTS) is 1. The first kappa shape index (κ1) is 41.6. The van der Waals surface area contributed by atoms with Crippen molar-refractivity contribution < 1.29 is 14.3 Å². The molecule has 0 aromatic heterocycles. The highest BCUT2D eigenvalue weighted by molar-refractivity contribution is 5.91. The molecule has 1 unspecified atom stereocenters. The van der Waals surface area contributed by atoms with Gasteiger partial charge in [0.2, 0.25) is 5.36 Å². The Balaban J connectivity index is 1.65. The molecule has 0 amide bonds. The lowest BCUT2D eigenvalue weighted by Gasteiger charge is -2.22. The summed E-state index contributed by atoms with van der Waals surface area (Å²) in [5.41, 5.74) is 5.08. The molecule has 1 aliphatic carbocycles. The standard InChI is InChI=1S/C45H72N2O3/c1-6-10-13-14-15-16-17-18-19-20-21-22-23-24-25-26-27-37(45(48)49)33-40-39-29-28-38(47(30-11-7-2)31-12-8-3)34-43(39)50-44-35-42(46-9-4)36(5)32-41(40)44/h28-29,32,34-35,37H,6-27,30-31,33H2,1-5H3,(H,48,49). The van der Waals surface area contributed by atoms with Crippen LogP contribution in [0.25, 0.3) is 22.3 Å². The fraction of sp³-hybridized carbons (Fsp3) is 0.689. The quantitative estimate of drug-likeness (QED) is 0.0468. The minimum Gasteiger partial charge on any atom is -0.550 e. The van der Waals surface area contributed by atoms with E-state index in [9.17, 15) is 9.90 Å². The highest BCUT2D eigenvalue weighted by Gasteiger charge is 2.22. The minimum atomic E-state index is -0.934. The number of benzene rings is 2. The SMILES string of the molecule is CCCCCCCCCCCCCCCCCCC(Cc1c2ccc(=[N+](CCCC)CCCC)cc-2oc2cc(NCC)c(C)cc12)C(=O)[O-]. The number of carbonyl (C=O) groups excluding carboxylic acids is 1. The van der Waals surface area contributed by atoms with E-state index in [1.807, 2.05) is 0 Å². The zero-order valence-corrected chi connectivity index (χ0v) is 32.8. The Morgan fingerprint density at radius 2 is 1.26 bits per heavy atom. The molecule has 2 aliphatic rings. The summed E-state index contributed by atoms with van der Waals surface area (Å²) in [6.07, 6.45) is 26.8. The monoisotopic (exact) mass is 689 g/mol. The lowest BCUT2D eigenvalue weighted by Crippen LogP contribution is -2.33. The molecule has 1 N–H and O–H groups in total. The van der Waals surface area contributed by atoms with Crippen LogP contribution >= 0.6 is 0 Å². The van der Waals surface area contributed by atoms with Gasteiger partial charge in [0.25, 0.3) is 0 Å². The normalized spacial score (nSPS) is 12.2. The number of carbonyl (C=O) groups is 1. The van der Waals surface area contributed by atoms with E-state index in [1.54, 1.807) is 0 Å². The third-order valence-corrected chi connectivity index (χ3v) is 10.6. The van der Waals surface area contributed by atoms with E-state index < -0.39 is 11.9 Å². The number of unbranched alkanes of at least 4 members (excludes halogenated alkanes) is 17. The van der Waals surface area contributed by atoms with Crippen molar-refractivity contribution in [3.8, 4) is 11.3 Å². The van der Waals surface area contributed by atoms with Gasteiger partial charge in [-0.15, -0.1) is 0 Å². The van der Waals surface area contributed by atoms with E-state index in [1.165, 1.54) is 95.2 Å². The lowest BCUT2D eigenvalue weighted by atomic mass is 9.88. The molecule has 0 saturated carbocycles. The van der Waals surface area contributed by atoms with Gasteiger partial charge >= 0.3 is 0 Å². The number of hydrogen-bond donors (Lipinski definition) is 1. The van der Waals surface area contributed by atoms with Crippen molar-refractivity contribution in [3.63, 3.8) is 0 Å². The van der Waals surface area contributed by atoms with Crippen LogP contribution in [0.2, 0.25) is 0 Å². The van der Waals surface area contributed by atoms with Crippen LogP contribution in [-0.4, -0.2) is 25.6 Å². The topological polar surface area (TPSA) is 68.3 Å². The Kier molecular flexibility index (Phi) is 20.3. The van der Waals surface area contributed by atoms with Crippen molar-refractivity contribution in [1.29, 1.82) is 0 Å². The van der Waals surface area contributed by atoms with Gasteiger partial charge in [0.15, 0.2) is 0 Å². The van der Waals surface area contributed by atoms with Gasteiger partial charge in [-0.3, -0.25) is 0 Å². The molecule has 1 aromatic carbocycles. The van der Waals surface area contributed by atoms with Crippen LogP contribution in [0.15, 0.2) is 34.7 Å². The molecule has 1 atom stereocenters. The Morgan fingerprint density at radius 1 is 0.720 bits per heavy atom. The summed E-state index contributed by atoms with van der Waals surface area (Å²) >= 11 is 0. The summed E-state index contributed by atoms with van der Waals surface area (Å²) in [5, 5.41) is 18.2. The van der Waals surface area contributed by atoms with E-state index in [4.69, 9.17) is 4.42 Å². The number of nitrogens with one attached hydrogen (secondary N) is 1. The molecule has 0 radical (unpaired) electrons. The van der Waals surface area contributed by atoms with Gasteiger partial charge < -0.3 is 19.6 Å². The molecular weight excluding hydrogens is 617 g/mol. The number of carboxylic acids is 1. The molecule has 50 heavy (non-hydrogen) atoms. The largest absolute Gasteiger partial charge is 0.550 e. The number of aryl methyl sites for hydroxylation is 1. The summed E-state index contributed by atoms with van der Waals surface area (Å²) in [6, 6.07) is 10.8. The lowest BCUT2D eigenvalue weighted by molar-refractivity contribution is -0.311. The van der Waals surface area contributed by atoms with Gasteiger partial charge in [0.1, 0.15) is 24.4 Å². The number of aliphatic carboxylic acids is 1. The van der Waals surface area contributed by atoms with Crippen molar-refractivity contribution >= 4 is 22.6 Å². The average molecular weight is 689 g/mol. The van der Waals surface area contributed by atoms with Gasteiger partial charge in [-0.2, -0.15) is 0 Å². The summed E-state index contributed by atoms with van der Waals surface area (Å²) < 4.78 is 9.11. The first-order valence-corrected chi connectivity index (χ1v) is 21.0. The Bertz CT molecular complexity index is 1410. The summed E-state index contributed by atoms with van der Waals surface area (Å²) in [6.45, 7) is 13.9. The van der Waals surface area contributed by atoms with E-state index >= 15 is 0 Å². The molecule has 1 aromatic rings.